The Labute approximate surface area is 111 Å². The Morgan fingerprint density at radius 1 is 1.39 bits per heavy atom. The van der Waals surface area contributed by atoms with Crippen LogP contribution in [-0.2, 0) is 4.74 Å². The Bertz CT molecular complexity index is 460. The highest BCUT2D eigenvalue weighted by molar-refractivity contribution is 7.14. The summed E-state index contributed by atoms with van der Waals surface area (Å²) < 4.78 is 4.89. The first-order chi connectivity index (χ1) is 8.24. The molecule has 0 aliphatic rings. The zero-order valence-electron chi connectivity index (χ0n) is 11.3. The highest BCUT2D eigenvalue weighted by Crippen LogP contribution is 2.19. The molecule has 6 heteroatoms. The number of hydrogen-bond acceptors (Lipinski definition) is 5. The van der Waals surface area contributed by atoms with Gasteiger partial charge in [0.25, 0.3) is 5.91 Å². The van der Waals surface area contributed by atoms with Crippen molar-refractivity contribution in [3.8, 4) is 0 Å². The van der Waals surface area contributed by atoms with Crippen molar-refractivity contribution in [3.05, 3.63) is 15.6 Å². The molecule has 0 spiro atoms. The van der Waals surface area contributed by atoms with Crippen molar-refractivity contribution in [2.75, 3.05) is 6.61 Å². The summed E-state index contributed by atoms with van der Waals surface area (Å²) in [6.45, 7) is 9.36. The molecular formula is C12H18N2O3S. The third kappa shape index (κ3) is 3.80. The van der Waals surface area contributed by atoms with E-state index in [1.165, 1.54) is 11.3 Å². The molecule has 1 aromatic rings. The topological polar surface area (TPSA) is 68.3 Å². The first-order valence-electron chi connectivity index (χ1n) is 5.71. The van der Waals surface area contributed by atoms with Crippen molar-refractivity contribution in [1.29, 1.82) is 0 Å². The number of carbonyl (C=O) groups is 2. The number of ether oxygens (including phenoxy) is 1. The number of esters is 1. The van der Waals surface area contributed by atoms with Gasteiger partial charge in [0.05, 0.1) is 11.6 Å². The van der Waals surface area contributed by atoms with E-state index in [1.807, 2.05) is 20.8 Å². The minimum Gasteiger partial charge on any atom is -0.461 e. The Morgan fingerprint density at radius 3 is 2.50 bits per heavy atom. The summed E-state index contributed by atoms with van der Waals surface area (Å²) in [5, 5.41) is 3.47. The summed E-state index contributed by atoms with van der Waals surface area (Å²) in [4.78, 5) is 28.1. The first-order valence-corrected chi connectivity index (χ1v) is 6.53. The second-order valence-corrected chi connectivity index (χ2v) is 6.04. The molecule has 0 radical (unpaired) electrons. The lowest BCUT2D eigenvalue weighted by atomic mass is 10.1. The van der Waals surface area contributed by atoms with Crippen LogP contribution in [0.15, 0.2) is 0 Å². The fourth-order valence-corrected chi connectivity index (χ4v) is 2.12. The number of aryl methyl sites for hydroxylation is 1. The quantitative estimate of drug-likeness (QED) is 0.855. The van der Waals surface area contributed by atoms with Crippen LogP contribution in [0.25, 0.3) is 0 Å². The SMILES string of the molecule is CCOC(=O)c1nc(C)sc1C(=O)NC(C)(C)C. The molecule has 1 aromatic heterocycles. The van der Waals surface area contributed by atoms with Crippen LogP contribution in [0.3, 0.4) is 0 Å². The van der Waals surface area contributed by atoms with Crippen molar-refractivity contribution < 1.29 is 14.3 Å². The molecule has 0 aromatic carbocycles. The molecule has 1 heterocycles. The first kappa shape index (κ1) is 14.6. The summed E-state index contributed by atoms with van der Waals surface area (Å²) in [5.74, 6) is -0.850. The molecule has 18 heavy (non-hydrogen) atoms. The van der Waals surface area contributed by atoms with Gasteiger partial charge < -0.3 is 10.1 Å². The van der Waals surface area contributed by atoms with Crippen molar-refractivity contribution >= 4 is 23.2 Å². The van der Waals surface area contributed by atoms with E-state index in [0.717, 1.165) is 0 Å². The molecule has 0 atom stereocenters. The van der Waals surface area contributed by atoms with Gasteiger partial charge in [0.15, 0.2) is 5.69 Å². The van der Waals surface area contributed by atoms with Crippen LogP contribution in [0.2, 0.25) is 0 Å². The van der Waals surface area contributed by atoms with Crippen molar-refractivity contribution in [2.45, 2.75) is 40.2 Å². The number of carbonyl (C=O) groups excluding carboxylic acids is 2. The van der Waals surface area contributed by atoms with Crippen LogP contribution in [0, 0.1) is 6.92 Å². The van der Waals surface area contributed by atoms with Gasteiger partial charge in [0.1, 0.15) is 4.88 Å². The number of thiazole rings is 1. The fraction of sp³-hybridized carbons (Fsp3) is 0.583. The lowest BCUT2D eigenvalue weighted by Crippen LogP contribution is -2.40. The van der Waals surface area contributed by atoms with E-state index in [9.17, 15) is 9.59 Å². The van der Waals surface area contributed by atoms with Crippen LogP contribution < -0.4 is 5.32 Å². The number of amides is 1. The second kappa shape index (κ2) is 5.48. The van der Waals surface area contributed by atoms with Crippen LogP contribution in [-0.4, -0.2) is 29.0 Å². The summed E-state index contributed by atoms with van der Waals surface area (Å²) >= 11 is 1.19. The number of nitrogens with one attached hydrogen (secondary N) is 1. The zero-order valence-corrected chi connectivity index (χ0v) is 12.1. The van der Waals surface area contributed by atoms with E-state index in [-0.39, 0.29) is 23.7 Å². The number of nitrogens with zero attached hydrogens (tertiary/aromatic N) is 1. The van der Waals surface area contributed by atoms with E-state index in [0.29, 0.717) is 9.88 Å². The van der Waals surface area contributed by atoms with Gasteiger partial charge in [0.2, 0.25) is 0 Å². The predicted molar refractivity (Wildman–Crippen MR) is 70.0 cm³/mol. The maximum absolute atomic E-state index is 12.1. The smallest absolute Gasteiger partial charge is 0.358 e. The average Bonchev–Trinajstić information content (AvgIpc) is 2.58. The average molecular weight is 270 g/mol. The number of rotatable bonds is 3. The molecule has 0 aliphatic heterocycles. The van der Waals surface area contributed by atoms with Gasteiger partial charge in [-0.3, -0.25) is 4.79 Å². The van der Waals surface area contributed by atoms with E-state index < -0.39 is 5.97 Å². The lowest BCUT2D eigenvalue weighted by Gasteiger charge is -2.19. The van der Waals surface area contributed by atoms with E-state index >= 15 is 0 Å². The van der Waals surface area contributed by atoms with Gasteiger partial charge in [-0.2, -0.15) is 0 Å². The maximum atomic E-state index is 12.1. The molecule has 1 amide bonds. The molecule has 1 N–H and O–H groups in total. The Morgan fingerprint density at radius 2 is 2.00 bits per heavy atom. The molecular weight excluding hydrogens is 252 g/mol. The molecule has 0 aliphatic carbocycles. The van der Waals surface area contributed by atoms with E-state index in [1.54, 1.807) is 13.8 Å². The standard InChI is InChI=1S/C12H18N2O3S/c1-6-17-11(16)8-9(18-7(2)13-8)10(15)14-12(3,4)5/h6H2,1-5H3,(H,14,15). The zero-order chi connectivity index (χ0) is 13.9. The van der Waals surface area contributed by atoms with Gasteiger partial charge in [0, 0.05) is 5.54 Å². The van der Waals surface area contributed by atoms with Crippen molar-refractivity contribution in [3.63, 3.8) is 0 Å². The molecule has 0 unspecified atom stereocenters. The van der Waals surface area contributed by atoms with Gasteiger partial charge in [-0.05, 0) is 34.6 Å². The number of hydrogen-bond donors (Lipinski definition) is 1. The predicted octanol–water partition coefficient (Wildman–Crippen LogP) is 2.16. The molecule has 5 nitrogen and oxygen atoms in total. The van der Waals surface area contributed by atoms with E-state index in [2.05, 4.69) is 10.3 Å². The third-order valence-corrected chi connectivity index (χ3v) is 2.87. The van der Waals surface area contributed by atoms with Gasteiger partial charge >= 0.3 is 5.97 Å². The molecule has 0 saturated heterocycles. The highest BCUT2D eigenvalue weighted by atomic mass is 32.1. The second-order valence-electron chi connectivity index (χ2n) is 4.84. The molecule has 100 valence electrons. The Kier molecular flexibility index (Phi) is 4.45. The number of aromatic nitrogens is 1. The van der Waals surface area contributed by atoms with Crippen LogP contribution in [0.1, 0.15) is 52.9 Å². The largest absolute Gasteiger partial charge is 0.461 e. The van der Waals surface area contributed by atoms with Gasteiger partial charge in [-0.25, -0.2) is 9.78 Å². The minimum absolute atomic E-state index is 0.0982. The Hall–Kier alpha value is -1.43. The van der Waals surface area contributed by atoms with Crippen LogP contribution in [0.4, 0.5) is 0 Å². The summed E-state index contributed by atoms with van der Waals surface area (Å²) in [7, 11) is 0. The molecule has 0 bridgehead atoms. The molecule has 0 saturated carbocycles. The van der Waals surface area contributed by atoms with Crippen molar-refractivity contribution in [1.82, 2.24) is 10.3 Å². The third-order valence-electron chi connectivity index (χ3n) is 1.90. The van der Waals surface area contributed by atoms with Gasteiger partial charge in [-0.15, -0.1) is 11.3 Å². The van der Waals surface area contributed by atoms with Crippen LogP contribution >= 0.6 is 11.3 Å². The normalized spacial score (nSPS) is 11.2. The van der Waals surface area contributed by atoms with E-state index in [4.69, 9.17) is 4.74 Å². The fourth-order valence-electron chi connectivity index (χ4n) is 1.32. The minimum atomic E-state index is -0.555. The summed E-state index contributed by atoms with van der Waals surface area (Å²) in [5.41, 5.74) is -0.262. The lowest BCUT2D eigenvalue weighted by molar-refractivity contribution is 0.0516. The molecule has 1 rings (SSSR count). The molecule has 0 fully saturated rings. The monoisotopic (exact) mass is 270 g/mol. The summed E-state index contributed by atoms with van der Waals surface area (Å²) in [6.07, 6.45) is 0. The summed E-state index contributed by atoms with van der Waals surface area (Å²) in [6, 6.07) is 0. The highest BCUT2D eigenvalue weighted by Gasteiger charge is 2.25. The maximum Gasteiger partial charge on any atom is 0.358 e. The van der Waals surface area contributed by atoms with Crippen molar-refractivity contribution in [2.24, 2.45) is 0 Å². The Balaban J connectivity index is 3.02. The van der Waals surface area contributed by atoms with Gasteiger partial charge in [-0.1, -0.05) is 0 Å². The van der Waals surface area contributed by atoms with Crippen LogP contribution in [0.5, 0.6) is 0 Å².